The summed E-state index contributed by atoms with van der Waals surface area (Å²) in [7, 11) is 1.67. The number of ether oxygens (including phenoxy) is 3. The van der Waals surface area contributed by atoms with Crippen LogP contribution in [0.1, 0.15) is 12.0 Å². The SMILES string of the molecule is COCCCOc1cccc(-c2ccc3cc(N4CCOCC4)ccc3c2)c1C#N. The van der Waals surface area contributed by atoms with Gasteiger partial charge in [0.15, 0.2) is 0 Å². The molecule has 5 heteroatoms. The number of hydrogen-bond donors (Lipinski definition) is 0. The van der Waals surface area contributed by atoms with Crippen molar-refractivity contribution >= 4 is 16.5 Å². The normalized spacial score (nSPS) is 13.9. The van der Waals surface area contributed by atoms with E-state index in [0.29, 0.717) is 24.5 Å². The minimum atomic E-state index is 0.522. The minimum Gasteiger partial charge on any atom is -0.492 e. The second-order valence-corrected chi connectivity index (χ2v) is 7.33. The lowest BCUT2D eigenvalue weighted by atomic mass is 9.96. The van der Waals surface area contributed by atoms with Crippen LogP contribution in [-0.4, -0.2) is 46.6 Å². The van der Waals surface area contributed by atoms with Gasteiger partial charge in [0, 0.05) is 44.5 Å². The summed E-state index contributed by atoms with van der Waals surface area (Å²) in [5, 5.41) is 12.1. The molecular formula is C25H26N2O3. The Morgan fingerprint density at radius 1 is 1.00 bits per heavy atom. The number of nitriles is 1. The molecule has 3 aromatic rings. The minimum absolute atomic E-state index is 0.522. The number of methoxy groups -OCH3 is 1. The zero-order chi connectivity index (χ0) is 20.8. The molecule has 1 heterocycles. The van der Waals surface area contributed by atoms with Crippen molar-refractivity contribution in [2.75, 3.05) is 51.5 Å². The molecule has 30 heavy (non-hydrogen) atoms. The third-order valence-electron chi connectivity index (χ3n) is 5.40. The van der Waals surface area contributed by atoms with E-state index in [-0.39, 0.29) is 0 Å². The Kier molecular flexibility index (Phi) is 6.48. The van der Waals surface area contributed by atoms with Gasteiger partial charge in [-0.05, 0) is 40.6 Å². The smallest absolute Gasteiger partial charge is 0.137 e. The summed E-state index contributed by atoms with van der Waals surface area (Å²) >= 11 is 0. The van der Waals surface area contributed by atoms with Crippen LogP contribution in [0.3, 0.4) is 0 Å². The topological polar surface area (TPSA) is 54.7 Å². The molecule has 0 amide bonds. The van der Waals surface area contributed by atoms with Gasteiger partial charge in [-0.1, -0.05) is 30.3 Å². The molecule has 0 radical (unpaired) electrons. The molecule has 1 aliphatic rings. The van der Waals surface area contributed by atoms with Crippen LogP contribution in [0.15, 0.2) is 54.6 Å². The number of fused-ring (bicyclic) bond motifs is 1. The Bertz CT molecular complexity index is 1050. The van der Waals surface area contributed by atoms with Gasteiger partial charge < -0.3 is 19.1 Å². The van der Waals surface area contributed by atoms with E-state index in [1.165, 1.54) is 11.1 Å². The van der Waals surface area contributed by atoms with Crippen molar-refractivity contribution in [1.29, 1.82) is 5.26 Å². The maximum atomic E-state index is 9.79. The maximum absolute atomic E-state index is 9.79. The number of anilines is 1. The van der Waals surface area contributed by atoms with Crippen molar-refractivity contribution in [2.24, 2.45) is 0 Å². The van der Waals surface area contributed by atoms with Crippen molar-refractivity contribution in [3.05, 3.63) is 60.2 Å². The summed E-state index contributed by atoms with van der Waals surface area (Å²) in [6.45, 7) is 4.56. The molecule has 1 saturated heterocycles. The predicted octanol–water partition coefficient (Wildman–Crippen LogP) is 4.63. The van der Waals surface area contributed by atoms with E-state index in [9.17, 15) is 5.26 Å². The molecule has 0 spiro atoms. The fourth-order valence-electron chi connectivity index (χ4n) is 3.81. The quantitative estimate of drug-likeness (QED) is 0.539. The Labute approximate surface area is 177 Å². The largest absolute Gasteiger partial charge is 0.492 e. The van der Waals surface area contributed by atoms with Gasteiger partial charge in [-0.2, -0.15) is 5.26 Å². The van der Waals surface area contributed by atoms with Crippen molar-refractivity contribution in [3.8, 4) is 22.9 Å². The standard InChI is InChI=1S/C25H26N2O3/c1-28-12-3-13-30-25-5-2-4-23(24(25)18-26)21-7-6-20-17-22(9-8-19(20)16-21)27-10-14-29-15-11-27/h2,4-9,16-17H,3,10-15H2,1H3. The van der Waals surface area contributed by atoms with Crippen LogP contribution in [0.4, 0.5) is 5.69 Å². The molecule has 1 fully saturated rings. The zero-order valence-electron chi connectivity index (χ0n) is 17.3. The second-order valence-electron chi connectivity index (χ2n) is 7.33. The first-order chi connectivity index (χ1) is 14.8. The van der Waals surface area contributed by atoms with Gasteiger partial charge in [0.25, 0.3) is 0 Å². The highest BCUT2D eigenvalue weighted by molar-refractivity contribution is 5.91. The summed E-state index contributed by atoms with van der Waals surface area (Å²) in [5.41, 5.74) is 3.70. The zero-order valence-corrected chi connectivity index (χ0v) is 17.3. The number of morpholine rings is 1. The predicted molar refractivity (Wildman–Crippen MR) is 119 cm³/mol. The Balaban J connectivity index is 1.62. The van der Waals surface area contributed by atoms with Crippen LogP contribution in [0.25, 0.3) is 21.9 Å². The van der Waals surface area contributed by atoms with Crippen LogP contribution in [-0.2, 0) is 9.47 Å². The number of nitrogens with zero attached hydrogens (tertiary/aromatic N) is 2. The van der Waals surface area contributed by atoms with Crippen LogP contribution in [0.2, 0.25) is 0 Å². The Morgan fingerprint density at radius 2 is 1.80 bits per heavy atom. The molecule has 0 unspecified atom stereocenters. The number of benzene rings is 3. The molecule has 154 valence electrons. The average Bonchev–Trinajstić information content (AvgIpc) is 2.81. The maximum Gasteiger partial charge on any atom is 0.137 e. The van der Waals surface area contributed by atoms with Crippen molar-refractivity contribution in [1.82, 2.24) is 0 Å². The molecule has 0 N–H and O–H groups in total. The third-order valence-corrected chi connectivity index (χ3v) is 5.40. The first kappa shape index (κ1) is 20.2. The third kappa shape index (κ3) is 4.40. The molecule has 0 aliphatic carbocycles. The lowest BCUT2D eigenvalue weighted by Crippen LogP contribution is -2.36. The Morgan fingerprint density at radius 3 is 2.60 bits per heavy atom. The summed E-state index contributed by atoms with van der Waals surface area (Å²) in [6, 6.07) is 21.0. The van der Waals surface area contributed by atoms with Gasteiger partial charge in [-0.15, -0.1) is 0 Å². The van der Waals surface area contributed by atoms with Gasteiger partial charge in [-0.25, -0.2) is 0 Å². The van der Waals surface area contributed by atoms with Gasteiger partial charge in [0.2, 0.25) is 0 Å². The van der Waals surface area contributed by atoms with E-state index in [1.807, 2.05) is 18.2 Å². The molecular weight excluding hydrogens is 376 g/mol. The van der Waals surface area contributed by atoms with E-state index in [0.717, 1.165) is 49.2 Å². The van der Waals surface area contributed by atoms with E-state index in [2.05, 4.69) is 47.4 Å². The summed E-state index contributed by atoms with van der Waals surface area (Å²) in [4.78, 5) is 2.36. The first-order valence-electron chi connectivity index (χ1n) is 10.3. The van der Waals surface area contributed by atoms with Crippen LogP contribution in [0.5, 0.6) is 5.75 Å². The number of hydrogen-bond acceptors (Lipinski definition) is 5. The van der Waals surface area contributed by atoms with Gasteiger partial charge >= 0.3 is 0 Å². The molecule has 1 aliphatic heterocycles. The molecule has 5 nitrogen and oxygen atoms in total. The van der Waals surface area contributed by atoms with Crippen molar-refractivity contribution in [3.63, 3.8) is 0 Å². The molecule has 0 atom stereocenters. The molecule has 3 aromatic carbocycles. The van der Waals surface area contributed by atoms with Gasteiger partial charge in [0.05, 0.1) is 19.8 Å². The van der Waals surface area contributed by atoms with Crippen molar-refractivity contribution < 1.29 is 14.2 Å². The van der Waals surface area contributed by atoms with Crippen LogP contribution >= 0.6 is 0 Å². The fourth-order valence-corrected chi connectivity index (χ4v) is 3.81. The summed E-state index contributed by atoms with van der Waals surface area (Å²) < 4.78 is 16.4. The first-order valence-corrected chi connectivity index (χ1v) is 10.3. The average molecular weight is 402 g/mol. The van der Waals surface area contributed by atoms with E-state index >= 15 is 0 Å². The second kappa shape index (κ2) is 9.62. The number of rotatable bonds is 7. The lowest BCUT2D eigenvalue weighted by molar-refractivity contribution is 0.122. The highest BCUT2D eigenvalue weighted by atomic mass is 16.5. The van der Waals surface area contributed by atoms with E-state index in [4.69, 9.17) is 14.2 Å². The summed E-state index contributed by atoms with van der Waals surface area (Å²) in [6.07, 6.45) is 0.785. The highest BCUT2D eigenvalue weighted by Crippen LogP contribution is 2.33. The summed E-state index contributed by atoms with van der Waals surface area (Å²) in [5.74, 6) is 0.619. The van der Waals surface area contributed by atoms with Gasteiger partial charge in [0.1, 0.15) is 17.4 Å². The van der Waals surface area contributed by atoms with E-state index < -0.39 is 0 Å². The molecule has 0 aromatic heterocycles. The molecule has 0 bridgehead atoms. The highest BCUT2D eigenvalue weighted by Gasteiger charge is 2.14. The molecule has 4 rings (SSSR count). The van der Waals surface area contributed by atoms with Crippen molar-refractivity contribution in [2.45, 2.75) is 6.42 Å². The molecule has 0 saturated carbocycles. The monoisotopic (exact) mass is 402 g/mol. The fraction of sp³-hybridized carbons (Fsp3) is 0.320. The Hall–Kier alpha value is -3.07. The van der Waals surface area contributed by atoms with E-state index in [1.54, 1.807) is 7.11 Å². The van der Waals surface area contributed by atoms with Crippen LogP contribution in [0, 0.1) is 11.3 Å². The van der Waals surface area contributed by atoms with Crippen LogP contribution < -0.4 is 9.64 Å². The lowest BCUT2D eigenvalue weighted by Gasteiger charge is -2.29. The van der Waals surface area contributed by atoms with Gasteiger partial charge in [-0.3, -0.25) is 0 Å².